The molecular weight excluding hydrogens is 266 g/mol. The molecule has 0 aliphatic heterocycles. The first-order chi connectivity index (χ1) is 10.0. The van der Waals surface area contributed by atoms with E-state index in [1.54, 1.807) is 30.5 Å². The second-order valence-corrected chi connectivity index (χ2v) is 5.00. The highest BCUT2D eigenvalue weighted by Crippen LogP contribution is 2.11. The molecule has 5 nitrogen and oxygen atoms in total. The number of hydrogen-bond acceptors (Lipinski definition) is 4. The van der Waals surface area contributed by atoms with Gasteiger partial charge in [0.25, 0.3) is 0 Å². The second kappa shape index (κ2) is 6.85. The number of nitrogens with one attached hydrogen (secondary N) is 1. The van der Waals surface area contributed by atoms with Crippen LogP contribution < -0.4 is 11.1 Å². The van der Waals surface area contributed by atoms with Gasteiger partial charge >= 0.3 is 0 Å². The third-order valence-electron chi connectivity index (χ3n) is 3.17. The van der Waals surface area contributed by atoms with Crippen LogP contribution >= 0.6 is 0 Å². The number of carbonyl (C=O) groups is 1. The van der Waals surface area contributed by atoms with E-state index in [0.717, 1.165) is 16.8 Å². The molecule has 0 saturated heterocycles. The smallest absolute Gasteiger partial charge is 0.237 e. The molecular formula is C16H19N3O2. The SMILES string of the molecule is Cc1ccc(CNC(=O)C(N)Cc2ccc(O)cc2)cn1. The second-order valence-electron chi connectivity index (χ2n) is 5.00. The molecule has 0 fully saturated rings. The van der Waals surface area contributed by atoms with E-state index in [1.807, 2.05) is 19.1 Å². The van der Waals surface area contributed by atoms with Crippen molar-refractivity contribution in [3.63, 3.8) is 0 Å². The Morgan fingerprint density at radius 1 is 1.24 bits per heavy atom. The number of nitrogens with zero attached hydrogens (tertiary/aromatic N) is 1. The number of phenols is 1. The lowest BCUT2D eigenvalue weighted by molar-refractivity contribution is -0.122. The van der Waals surface area contributed by atoms with E-state index in [2.05, 4.69) is 10.3 Å². The lowest BCUT2D eigenvalue weighted by Crippen LogP contribution is -2.41. The Labute approximate surface area is 123 Å². The third kappa shape index (κ3) is 4.57. The van der Waals surface area contributed by atoms with Crippen molar-refractivity contribution in [2.75, 3.05) is 0 Å². The van der Waals surface area contributed by atoms with E-state index < -0.39 is 6.04 Å². The highest BCUT2D eigenvalue weighted by Gasteiger charge is 2.13. The number of aryl methyl sites for hydroxylation is 1. The lowest BCUT2D eigenvalue weighted by atomic mass is 10.1. The van der Waals surface area contributed by atoms with Crippen LogP contribution in [-0.4, -0.2) is 22.0 Å². The van der Waals surface area contributed by atoms with Crippen molar-refractivity contribution in [1.29, 1.82) is 0 Å². The molecule has 1 unspecified atom stereocenters. The number of rotatable bonds is 5. The predicted octanol–water partition coefficient (Wildman–Crippen LogP) is 1.28. The average Bonchev–Trinajstić information content (AvgIpc) is 2.48. The number of aromatic nitrogens is 1. The molecule has 1 aromatic heterocycles. The van der Waals surface area contributed by atoms with Crippen LogP contribution in [0.2, 0.25) is 0 Å². The van der Waals surface area contributed by atoms with Gasteiger partial charge in [-0.15, -0.1) is 0 Å². The first kappa shape index (κ1) is 15.0. The number of pyridine rings is 1. The molecule has 1 aromatic carbocycles. The molecule has 21 heavy (non-hydrogen) atoms. The van der Waals surface area contributed by atoms with Gasteiger partial charge in [-0.1, -0.05) is 18.2 Å². The molecule has 0 aliphatic rings. The summed E-state index contributed by atoms with van der Waals surface area (Å²) in [6, 6.07) is 9.88. The molecule has 2 rings (SSSR count). The van der Waals surface area contributed by atoms with Crippen molar-refractivity contribution in [3.05, 3.63) is 59.4 Å². The van der Waals surface area contributed by atoms with Gasteiger partial charge in [0.05, 0.1) is 6.04 Å². The monoisotopic (exact) mass is 285 g/mol. The fourth-order valence-electron chi connectivity index (χ4n) is 1.90. The van der Waals surface area contributed by atoms with Crippen molar-refractivity contribution in [2.45, 2.75) is 25.9 Å². The fourth-order valence-corrected chi connectivity index (χ4v) is 1.90. The Kier molecular flexibility index (Phi) is 4.90. The number of aromatic hydroxyl groups is 1. The average molecular weight is 285 g/mol. The van der Waals surface area contributed by atoms with E-state index in [-0.39, 0.29) is 11.7 Å². The molecule has 5 heteroatoms. The van der Waals surface area contributed by atoms with Crippen molar-refractivity contribution in [2.24, 2.45) is 5.73 Å². The molecule has 0 spiro atoms. The van der Waals surface area contributed by atoms with Crippen molar-refractivity contribution >= 4 is 5.91 Å². The fraction of sp³-hybridized carbons (Fsp3) is 0.250. The number of benzene rings is 1. The lowest BCUT2D eigenvalue weighted by Gasteiger charge is -2.12. The van der Waals surface area contributed by atoms with Crippen LogP contribution in [0.15, 0.2) is 42.6 Å². The number of nitrogens with two attached hydrogens (primary N) is 1. The Hall–Kier alpha value is -2.40. The number of carbonyl (C=O) groups excluding carboxylic acids is 1. The topological polar surface area (TPSA) is 88.2 Å². The van der Waals surface area contributed by atoms with E-state index >= 15 is 0 Å². The minimum atomic E-state index is -0.618. The molecule has 1 amide bonds. The maximum Gasteiger partial charge on any atom is 0.237 e. The van der Waals surface area contributed by atoms with Crippen molar-refractivity contribution < 1.29 is 9.90 Å². The van der Waals surface area contributed by atoms with Gasteiger partial charge in [0.2, 0.25) is 5.91 Å². The van der Waals surface area contributed by atoms with Crippen molar-refractivity contribution in [1.82, 2.24) is 10.3 Å². The summed E-state index contributed by atoms with van der Waals surface area (Å²) in [4.78, 5) is 16.1. The summed E-state index contributed by atoms with van der Waals surface area (Å²) in [6.07, 6.45) is 2.17. The summed E-state index contributed by atoms with van der Waals surface area (Å²) in [5.41, 5.74) is 8.67. The van der Waals surface area contributed by atoms with E-state index in [0.29, 0.717) is 13.0 Å². The van der Waals surface area contributed by atoms with Crippen LogP contribution in [0, 0.1) is 6.92 Å². The molecule has 1 heterocycles. The Balaban J connectivity index is 1.84. The minimum Gasteiger partial charge on any atom is -0.508 e. The van der Waals surface area contributed by atoms with Crippen LogP contribution in [-0.2, 0) is 17.8 Å². The van der Waals surface area contributed by atoms with Crippen LogP contribution in [0.1, 0.15) is 16.8 Å². The summed E-state index contributed by atoms with van der Waals surface area (Å²) in [5, 5.41) is 12.0. The van der Waals surface area contributed by atoms with Crippen LogP contribution in [0.25, 0.3) is 0 Å². The maximum atomic E-state index is 11.9. The molecule has 1 atom stereocenters. The summed E-state index contributed by atoms with van der Waals surface area (Å²) in [5.74, 6) is -0.00714. The minimum absolute atomic E-state index is 0.198. The van der Waals surface area contributed by atoms with Crippen LogP contribution in [0.4, 0.5) is 0 Å². The molecule has 4 N–H and O–H groups in total. The highest BCUT2D eigenvalue weighted by molar-refractivity contribution is 5.81. The zero-order valence-corrected chi connectivity index (χ0v) is 11.9. The van der Waals surface area contributed by atoms with Gasteiger partial charge in [-0.25, -0.2) is 0 Å². The summed E-state index contributed by atoms with van der Waals surface area (Å²) in [6.45, 7) is 2.32. The Morgan fingerprint density at radius 3 is 2.52 bits per heavy atom. The molecule has 0 bridgehead atoms. The van der Waals surface area contributed by atoms with Gasteiger partial charge in [0.1, 0.15) is 5.75 Å². The Bertz CT molecular complexity index is 594. The molecule has 0 saturated carbocycles. The van der Waals surface area contributed by atoms with E-state index in [4.69, 9.17) is 5.73 Å². The first-order valence-corrected chi connectivity index (χ1v) is 6.77. The van der Waals surface area contributed by atoms with Gasteiger partial charge in [0.15, 0.2) is 0 Å². The predicted molar refractivity (Wildman–Crippen MR) is 80.6 cm³/mol. The zero-order valence-electron chi connectivity index (χ0n) is 11.9. The van der Waals surface area contributed by atoms with Gasteiger partial charge in [-0.05, 0) is 42.7 Å². The van der Waals surface area contributed by atoms with Gasteiger partial charge in [0, 0.05) is 18.4 Å². The number of phenolic OH excluding ortho intramolecular Hbond substituents is 1. The molecule has 0 aliphatic carbocycles. The Morgan fingerprint density at radius 2 is 1.90 bits per heavy atom. The van der Waals surface area contributed by atoms with E-state index in [9.17, 15) is 9.90 Å². The number of hydrogen-bond donors (Lipinski definition) is 3. The zero-order chi connectivity index (χ0) is 15.2. The normalized spacial score (nSPS) is 11.9. The number of amides is 1. The first-order valence-electron chi connectivity index (χ1n) is 6.77. The molecule has 0 radical (unpaired) electrons. The summed E-state index contributed by atoms with van der Waals surface area (Å²) in [7, 11) is 0. The highest BCUT2D eigenvalue weighted by atomic mass is 16.3. The molecule has 2 aromatic rings. The quantitative estimate of drug-likeness (QED) is 0.772. The van der Waals surface area contributed by atoms with Crippen LogP contribution in [0.5, 0.6) is 5.75 Å². The third-order valence-corrected chi connectivity index (χ3v) is 3.17. The maximum absolute atomic E-state index is 11.9. The van der Waals surface area contributed by atoms with Gasteiger partial charge < -0.3 is 16.2 Å². The largest absolute Gasteiger partial charge is 0.508 e. The van der Waals surface area contributed by atoms with Crippen molar-refractivity contribution in [3.8, 4) is 5.75 Å². The standard InChI is InChI=1S/C16H19N3O2/c1-11-2-3-13(9-18-11)10-19-16(21)15(17)8-12-4-6-14(20)7-5-12/h2-7,9,15,20H,8,10,17H2,1H3,(H,19,21). The van der Waals surface area contributed by atoms with E-state index in [1.165, 1.54) is 0 Å². The molecule has 110 valence electrons. The van der Waals surface area contributed by atoms with Gasteiger partial charge in [-0.2, -0.15) is 0 Å². The van der Waals surface area contributed by atoms with Gasteiger partial charge in [-0.3, -0.25) is 9.78 Å². The summed E-state index contributed by atoms with van der Waals surface area (Å²) >= 11 is 0. The van der Waals surface area contributed by atoms with Crippen LogP contribution in [0.3, 0.4) is 0 Å². The summed E-state index contributed by atoms with van der Waals surface area (Å²) < 4.78 is 0.